The van der Waals surface area contributed by atoms with Crippen LogP contribution < -0.4 is 4.74 Å². The maximum atomic E-state index is 8.77. The Bertz CT molecular complexity index is 637. The summed E-state index contributed by atoms with van der Waals surface area (Å²) in [4.78, 5) is 0. The van der Waals surface area contributed by atoms with E-state index in [1.165, 1.54) is 0 Å². The van der Waals surface area contributed by atoms with Crippen LogP contribution in [0, 0.1) is 11.3 Å². The maximum Gasteiger partial charge on any atom is 0.147 e. The average molecular weight is 343 g/mol. The first-order valence-electron chi connectivity index (χ1n) is 4.93. The van der Waals surface area contributed by atoms with Crippen molar-refractivity contribution >= 4 is 39.1 Å². The van der Waals surface area contributed by atoms with E-state index in [1.807, 2.05) is 6.07 Å². The third-order valence-electron chi connectivity index (χ3n) is 2.20. The number of nitrogens with zero attached hydrogens (tertiary/aromatic N) is 1. The minimum Gasteiger partial charge on any atom is -0.455 e. The molecule has 0 aliphatic heterocycles. The first-order valence-corrected chi connectivity index (χ1v) is 6.48. The number of ether oxygens (including phenoxy) is 1. The van der Waals surface area contributed by atoms with Gasteiger partial charge in [-0.2, -0.15) is 5.26 Å². The number of benzene rings is 2. The van der Waals surface area contributed by atoms with Crippen molar-refractivity contribution in [3.05, 3.63) is 56.5 Å². The highest BCUT2D eigenvalue weighted by Crippen LogP contribution is 2.37. The van der Waals surface area contributed by atoms with Gasteiger partial charge in [-0.15, -0.1) is 0 Å². The molecule has 0 saturated carbocycles. The Kier molecular flexibility index (Phi) is 4.13. The predicted molar refractivity (Wildman–Crippen MR) is 75.4 cm³/mol. The molecule has 0 aliphatic carbocycles. The summed E-state index contributed by atoms with van der Waals surface area (Å²) in [5.74, 6) is 1.03. The summed E-state index contributed by atoms with van der Waals surface area (Å²) in [5.41, 5.74) is 0.548. The highest BCUT2D eigenvalue weighted by atomic mass is 79.9. The van der Waals surface area contributed by atoms with E-state index in [0.717, 1.165) is 0 Å². The molecule has 0 aliphatic rings. The van der Waals surface area contributed by atoms with Crippen molar-refractivity contribution < 1.29 is 4.74 Å². The lowest BCUT2D eigenvalue weighted by Gasteiger charge is -2.10. The van der Waals surface area contributed by atoms with E-state index in [1.54, 1.807) is 36.4 Å². The molecule has 0 fully saturated rings. The molecule has 0 N–H and O–H groups in total. The second-order valence-corrected chi connectivity index (χ2v) is 5.05. The fraction of sp³-hybridized carbons (Fsp3) is 0. The summed E-state index contributed by atoms with van der Waals surface area (Å²) in [6.45, 7) is 0. The van der Waals surface area contributed by atoms with Crippen molar-refractivity contribution in [3.8, 4) is 17.6 Å². The maximum absolute atomic E-state index is 8.77. The van der Waals surface area contributed by atoms with Gasteiger partial charge in [-0.25, -0.2) is 0 Å². The van der Waals surface area contributed by atoms with Gasteiger partial charge in [-0.05, 0) is 46.3 Å². The van der Waals surface area contributed by atoms with E-state index in [9.17, 15) is 0 Å². The van der Waals surface area contributed by atoms with Crippen molar-refractivity contribution in [2.75, 3.05) is 0 Å². The molecular weight excluding hydrogens is 337 g/mol. The minimum absolute atomic E-state index is 0.357. The predicted octanol–water partition coefficient (Wildman–Crippen LogP) is 5.42. The minimum atomic E-state index is 0.357. The van der Waals surface area contributed by atoms with Crippen LogP contribution in [-0.4, -0.2) is 0 Å². The molecule has 5 heteroatoms. The van der Waals surface area contributed by atoms with E-state index in [2.05, 4.69) is 15.9 Å². The molecule has 2 aromatic rings. The Morgan fingerprint density at radius 3 is 2.56 bits per heavy atom. The number of halogens is 3. The number of rotatable bonds is 2. The zero-order valence-electron chi connectivity index (χ0n) is 8.95. The van der Waals surface area contributed by atoms with Gasteiger partial charge < -0.3 is 4.74 Å². The van der Waals surface area contributed by atoms with E-state index < -0.39 is 0 Å². The highest BCUT2D eigenvalue weighted by Gasteiger charge is 2.09. The molecule has 0 radical (unpaired) electrons. The van der Waals surface area contributed by atoms with Crippen LogP contribution in [0.5, 0.6) is 11.5 Å². The van der Waals surface area contributed by atoms with Crippen molar-refractivity contribution in [1.82, 2.24) is 0 Å². The normalized spacial score (nSPS) is 9.89. The van der Waals surface area contributed by atoms with Crippen LogP contribution in [-0.2, 0) is 0 Å². The molecule has 90 valence electrons. The second-order valence-electron chi connectivity index (χ2n) is 3.41. The van der Waals surface area contributed by atoms with Crippen LogP contribution in [0.15, 0.2) is 40.9 Å². The lowest BCUT2D eigenvalue weighted by Crippen LogP contribution is -1.87. The lowest BCUT2D eigenvalue weighted by molar-refractivity contribution is 0.480. The molecule has 0 atom stereocenters. The van der Waals surface area contributed by atoms with Crippen LogP contribution in [0.3, 0.4) is 0 Å². The third kappa shape index (κ3) is 2.78. The first kappa shape index (κ1) is 13.2. The van der Waals surface area contributed by atoms with Crippen LogP contribution in [0.25, 0.3) is 0 Å². The Labute approximate surface area is 123 Å². The molecule has 0 aromatic heterocycles. The molecule has 0 saturated heterocycles. The average Bonchev–Trinajstić information content (AvgIpc) is 2.37. The molecule has 0 unspecified atom stereocenters. The summed E-state index contributed by atoms with van der Waals surface area (Å²) in [6, 6.07) is 12.2. The summed E-state index contributed by atoms with van der Waals surface area (Å²) < 4.78 is 6.33. The summed E-state index contributed by atoms with van der Waals surface area (Å²) in [5, 5.41) is 9.56. The number of hydrogen-bond acceptors (Lipinski definition) is 2. The molecule has 18 heavy (non-hydrogen) atoms. The summed E-state index contributed by atoms with van der Waals surface area (Å²) in [7, 11) is 0. The Hall–Kier alpha value is -1.21. The van der Waals surface area contributed by atoms with Crippen LogP contribution >= 0.6 is 39.1 Å². The van der Waals surface area contributed by atoms with Gasteiger partial charge in [0.15, 0.2) is 0 Å². The fourth-order valence-electron chi connectivity index (χ4n) is 1.33. The molecule has 2 nitrogen and oxygen atoms in total. The Morgan fingerprint density at radius 2 is 1.89 bits per heavy atom. The van der Waals surface area contributed by atoms with Crippen molar-refractivity contribution in [1.29, 1.82) is 5.26 Å². The SMILES string of the molecule is N#Cc1ccc(Oc2cccc(Cl)c2Cl)c(Br)c1. The van der Waals surface area contributed by atoms with Gasteiger partial charge in [-0.3, -0.25) is 0 Å². The lowest BCUT2D eigenvalue weighted by atomic mass is 10.2. The van der Waals surface area contributed by atoms with Crippen LogP contribution in [0.2, 0.25) is 10.0 Å². The van der Waals surface area contributed by atoms with E-state index in [-0.39, 0.29) is 0 Å². The zero-order valence-corrected chi connectivity index (χ0v) is 12.1. The molecule has 2 aromatic carbocycles. The zero-order chi connectivity index (χ0) is 13.1. The molecule has 0 spiro atoms. The summed E-state index contributed by atoms with van der Waals surface area (Å²) in [6.07, 6.45) is 0. The van der Waals surface area contributed by atoms with Crippen molar-refractivity contribution in [3.63, 3.8) is 0 Å². The molecule has 0 heterocycles. The van der Waals surface area contributed by atoms with Crippen LogP contribution in [0.1, 0.15) is 5.56 Å². The van der Waals surface area contributed by atoms with Gasteiger partial charge in [0.05, 0.1) is 21.1 Å². The van der Waals surface area contributed by atoms with Crippen molar-refractivity contribution in [2.24, 2.45) is 0 Å². The number of nitriles is 1. The van der Waals surface area contributed by atoms with Gasteiger partial charge in [0, 0.05) is 0 Å². The van der Waals surface area contributed by atoms with E-state index >= 15 is 0 Å². The van der Waals surface area contributed by atoms with Crippen LogP contribution in [0.4, 0.5) is 0 Å². The monoisotopic (exact) mass is 341 g/mol. The van der Waals surface area contributed by atoms with Gasteiger partial charge >= 0.3 is 0 Å². The molecular formula is C13H6BrCl2NO. The van der Waals surface area contributed by atoms with Gasteiger partial charge in [-0.1, -0.05) is 29.3 Å². The number of hydrogen-bond donors (Lipinski definition) is 0. The first-order chi connectivity index (χ1) is 8.61. The molecule has 0 amide bonds. The molecule has 2 rings (SSSR count). The largest absolute Gasteiger partial charge is 0.455 e. The highest BCUT2D eigenvalue weighted by molar-refractivity contribution is 9.10. The Morgan fingerprint density at radius 1 is 1.11 bits per heavy atom. The van der Waals surface area contributed by atoms with E-state index in [0.29, 0.717) is 31.6 Å². The molecule has 0 bridgehead atoms. The quantitative estimate of drug-likeness (QED) is 0.730. The standard InChI is InChI=1S/C13H6BrCl2NO/c14-9-6-8(7-17)4-5-11(9)18-12-3-1-2-10(15)13(12)16/h1-6H. The third-order valence-corrected chi connectivity index (χ3v) is 3.62. The Balaban J connectivity index is 2.35. The topological polar surface area (TPSA) is 33.0 Å². The van der Waals surface area contributed by atoms with Crippen molar-refractivity contribution in [2.45, 2.75) is 0 Å². The smallest absolute Gasteiger partial charge is 0.147 e. The van der Waals surface area contributed by atoms with Gasteiger partial charge in [0.1, 0.15) is 16.5 Å². The van der Waals surface area contributed by atoms with Gasteiger partial charge in [0.25, 0.3) is 0 Å². The summed E-state index contributed by atoms with van der Waals surface area (Å²) >= 11 is 15.3. The van der Waals surface area contributed by atoms with Gasteiger partial charge in [0.2, 0.25) is 0 Å². The fourth-order valence-corrected chi connectivity index (χ4v) is 2.12. The van der Waals surface area contributed by atoms with E-state index in [4.69, 9.17) is 33.2 Å². The second kappa shape index (κ2) is 5.62.